The maximum Gasteiger partial charge on any atom is 0.255 e. The number of aromatic nitrogens is 2. The number of benzene rings is 3. The number of aromatic amines is 1. The van der Waals surface area contributed by atoms with Gasteiger partial charge in [-0.3, -0.25) is 9.89 Å². The first kappa shape index (κ1) is 22.3. The summed E-state index contributed by atoms with van der Waals surface area (Å²) < 4.78 is 5.64. The van der Waals surface area contributed by atoms with Gasteiger partial charge in [0.1, 0.15) is 5.75 Å². The molecule has 1 amide bonds. The number of aliphatic hydroxyl groups is 2. The number of aliphatic hydroxyl groups excluding tert-OH is 2. The number of hydrogen-bond acceptors (Lipinski definition) is 5. The molecule has 0 spiro atoms. The lowest BCUT2D eigenvalue weighted by molar-refractivity contribution is 0.0913. The molecular weight excluding hydrogens is 418 g/mol. The van der Waals surface area contributed by atoms with E-state index in [1.54, 1.807) is 12.1 Å². The normalized spacial score (nSPS) is 12.2. The highest BCUT2D eigenvalue weighted by atomic mass is 16.5. The summed E-state index contributed by atoms with van der Waals surface area (Å²) in [6.07, 6.45) is 3.72. The van der Waals surface area contributed by atoms with Gasteiger partial charge < -0.3 is 20.3 Å². The van der Waals surface area contributed by atoms with Gasteiger partial charge in [-0.15, -0.1) is 0 Å². The van der Waals surface area contributed by atoms with Crippen LogP contribution >= 0.6 is 0 Å². The Kier molecular flexibility index (Phi) is 6.83. The van der Waals surface area contributed by atoms with Crippen LogP contribution in [0.4, 0.5) is 0 Å². The second-order valence-electron chi connectivity index (χ2n) is 7.53. The molecule has 4 rings (SSSR count). The monoisotopic (exact) mass is 443 g/mol. The zero-order valence-electron chi connectivity index (χ0n) is 18.2. The zero-order chi connectivity index (χ0) is 23.2. The number of rotatable bonds is 8. The second kappa shape index (κ2) is 10.1. The lowest BCUT2D eigenvalue weighted by atomic mass is 10.0. The topological polar surface area (TPSA) is 107 Å². The quantitative estimate of drug-likeness (QED) is 0.332. The van der Waals surface area contributed by atoms with Gasteiger partial charge in [0, 0.05) is 0 Å². The molecule has 0 aliphatic carbocycles. The summed E-state index contributed by atoms with van der Waals surface area (Å²) in [5.41, 5.74) is 4.24. The average Bonchev–Trinajstić information content (AvgIpc) is 3.29. The highest BCUT2D eigenvalue weighted by Crippen LogP contribution is 2.32. The van der Waals surface area contributed by atoms with Crippen LogP contribution in [0.5, 0.6) is 5.75 Å². The van der Waals surface area contributed by atoms with Gasteiger partial charge in [-0.2, -0.15) is 5.10 Å². The molecule has 0 aliphatic rings. The first-order chi connectivity index (χ1) is 16.1. The van der Waals surface area contributed by atoms with E-state index in [2.05, 4.69) is 15.5 Å². The van der Waals surface area contributed by atoms with Crippen LogP contribution in [0.25, 0.3) is 23.1 Å². The lowest BCUT2D eigenvalue weighted by Crippen LogP contribution is -2.31. The van der Waals surface area contributed by atoms with Crippen molar-refractivity contribution in [2.24, 2.45) is 0 Å². The molecule has 0 bridgehead atoms. The van der Waals surface area contributed by atoms with E-state index in [4.69, 9.17) is 4.74 Å². The molecule has 4 aromatic rings. The van der Waals surface area contributed by atoms with Crippen LogP contribution in [-0.2, 0) is 6.61 Å². The fourth-order valence-corrected chi connectivity index (χ4v) is 3.74. The highest BCUT2D eigenvalue weighted by Gasteiger charge is 2.21. The summed E-state index contributed by atoms with van der Waals surface area (Å²) in [6, 6.07) is 19.8. The fourth-order valence-electron chi connectivity index (χ4n) is 3.74. The third-order valence-electron chi connectivity index (χ3n) is 5.42. The number of nitrogens with zero attached hydrogens (tertiary/aromatic N) is 1. The van der Waals surface area contributed by atoms with Crippen molar-refractivity contribution in [3.05, 3.63) is 94.7 Å². The minimum atomic E-state index is -0.540. The molecular formula is C26H25N3O4. The van der Waals surface area contributed by atoms with Crippen LogP contribution in [0.15, 0.2) is 66.7 Å². The van der Waals surface area contributed by atoms with Gasteiger partial charge in [0.15, 0.2) is 0 Å². The van der Waals surface area contributed by atoms with Crippen molar-refractivity contribution in [1.29, 1.82) is 0 Å². The standard InChI is InChI=1S/C26H25N3O4/c1-33-25-20(26(32)27-23(16-31)19-8-3-2-4-9-19)11-13-22-24(25)21(28-29-22)12-10-17-6-5-7-18(14-17)15-30/h2-14,23,30-31H,15-16H2,1H3,(H,27,32)(H,28,29)/t23-/m1/s1. The molecule has 1 aromatic heterocycles. The van der Waals surface area contributed by atoms with E-state index in [1.165, 1.54) is 7.11 Å². The van der Waals surface area contributed by atoms with Crippen LogP contribution < -0.4 is 10.1 Å². The minimum absolute atomic E-state index is 0.0306. The fraction of sp³-hybridized carbons (Fsp3) is 0.154. The third-order valence-corrected chi connectivity index (χ3v) is 5.42. The van der Waals surface area contributed by atoms with Crippen LogP contribution in [0.2, 0.25) is 0 Å². The molecule has 7 nitrogen and oxygen atoms in total. The molecule has 7 heteroatoms. The Labute approximate surface area is 191 Å². The van der Waals surface area contributed by atoms with Crippen molar-refractivity contribution in [2.75, 3.05) is 13.7 Å². The van der Waals surface area contributed by atoms with Gasteiger partial charge in [-0.05, 0) is 41.0 Å². The maximum absolute atomic E-state index is 13.1. The molecule has 1 heterocycles. The van der Waals surface area contributed by atoms with Crippen molar-refractivity contribution in [3.63, 3.8) is 0 Å². The molecule has 3 aromatic carbocycles. The summed E-state index contributed by atoms with van der Waals surface area (Å²) >= 11 is 0. The van der Waals surface area contributed by atoms with Crippen LogP contribution in [0, 0.1) is 0 Å². The molecule has 0 saturated heterocycles. The second-order valence-corrected chi connectivity index (χ2v) is 7.53. The largest absolute Gasteiger partial charge is 0.495 e. The number of carbonyl (C=O) groups excluding carboxylic acids is 1. The highest BCUT2D eigenvalue weighted by molar-refractivity contribution is 6.05. The average molecular weight is 444 g/mol. The predicted molar refractivity (Wildman–Crippen MR) is 128 cm³/mol. The Bertz CT molecular complexity index is 1280. The van der Waals surface area contributed by atoms with Gasteiger partial charge in [0.2, 0.25) is 0 Å². The molecule has 1 atom stereocenters. The van der Waals surface area contributed by atoms with Crippen molar-refractivity contribution < 1.29 is 19.7 Å². The number of ether oxygens (including phenoxy) is 1. The molecule has 0 saturated carbocycles. The van der Waals surface area contributed by atoms with E-state index in [9.17, 15) is 15.0 Å². The summed E-state index contributed by atoms with van der Waals surface area (Å²) in [5.74, 6) is 0.0377. The van der Waals surface area contributed by atoms with E-state index >= 15 is 0 Å². The molecule has 33 heavy (non-hydrogen) atoms. The Morgan fingerprint density at radius 3 is 2.64 bits per heavy atom. The Morgan fingerprint density at radius 2 is 1.91 bits per heavy atom. The number of amides is 1. The number of H-pyrrole nitrogens is 1. The third kappa shape index (κ3) is 4.79. The molecule has 0 aliphatic heterocycles. The first-order valence-corrected chi connectivity index (χ1v) is 10.5. The SMILES string of the molecule is COc1c(C(=O)N[C@H](CO)c2ccccc2)ccc2[nH]nc(C=Cc3cccc(CO)c3)c12. The number of fused-ring (bicyclic) bond motifs is 1. The smallest absolute Gasteiger partial charge is 0.255 e. The number of nitrogens with one attached hydrogen (secondary N) is 2. The zero-order valence-corrected chi connectivity index (χ0v) is 18.2. The van der Waals surface area contributed by atoms with Crippen LogP contribution in [0.1, 0.15) is 38.8 Å². The van der Waals surface area contributed by atoms with Crippen molar-refractivity contribution in [3.8, 4) is 5.75 Å². The van der Waals surface area contributed by atoms with Gasteiger partial charge in [-0.1, -0.05) is 54.6 Å². The van der Waals surface area contributed by atoms with Gasteiger partial charge >= 0.3 is 0 Å². The minimum Gasteiger partial charge on any atom is -0.495 e. The molecule has 4 N–H and O–H groups in total. The van der Waals surface area contributed by atoms with Crippen molar-refractivity contribution >= 4 is 29.0 Å². The molecule has 0 radical (unpaired) electrons. The summed E-state index contributed by atoms with van der Waals surface area (Å²) in [7, 11) is 1.51. The Morgan fingerprint density at radius 1 is 1.09 bits per heavy atom. The summed E-state index contributed by atoms with van der Waals surface area (Å²) in [6.45, 7) is -0.260. The van der Waals surface area contributed by atoms with Gasteiger partial charge in [-0.25, -0.2) is 0 Å². The van der Waals surface area contributed by atoms with E-state index in [0.29, 0.717) is 22.4 Å². The first-order valence-electron chi connectivity index (χ1n) is 10.5. The van der Waals surface area contributed by atoms with Crippen LogP contribution in [0.3, 0.4) is 0 Å². The van der Waals surface area contributed by atoms with Gasteiger partial charge in [0.05, 0.1) is 48.5 Å². The number of hydrogen-bond donors (Lipinski definition) is 4. The molecule has 0 fully saturated rings. The number of carbonyl (C=O) groups is 1. The van der Waals surface area contributed by atoms with E-state index in [0.717, 1.165) is 22.2 Å². The summed E-state index contributed by atoms with van der Waals surface area (Å²) in [4.78, 5) is 13.1. The van der Waals surface area contributed by atoms with Crippen molar-refractivity contribution in [2.45, 2.75) is 12.6 Å². The van der Waals surface area contributed by atoms with E-state index in [1.807, 2.05) is 66.7 Å². The Hall–Kier alpha value is -3.94. The van der Waals surface area contributed by atoms with Crippen molar-refractivity contribution in [1.82, 2.24) is 15.5 Å². The van der Waals surface area contributed by atoms with E-state index in [-0.39, 0.29) is 19.1 Å². The van der Waals surface area contributed by atoms with Gasteiger partial charge in [0.25, 0.3) is 5.91 Å². The lowest BCUT2D eigenvalue weighted by Gasteiger charge is -2.18. The van der Waals surface area contributed by atoms with E-state index < -0.39 is 6.04 Å². The summed E-state index contributed by atoms with van der Waals surface area (Å²) in [5, 5.41) is 30.1. The maximum atomic E-state index is 13.1. The van der Waals surface area contributed by atoms with Crippen LogP contribution in [-0.4, -0.2) is 40.0 Å². The predicted octanol–water partition coefficient (Wildman–Crippen LogP) is 3.70. The number of methoxy groups -OCH3 is 1. The molecule has 0 unspecified atom stereocenters. The Balaban J connectivity index is 1.67. The molecule has 168 valence electrons.